The Morgan fingerprint density at radius 3 is 2.65 bits per heavy atom. The van der Waals surface area contributed by atoms with E-state index in [1.807, 2.05) is 12.1 Å². The maximum absolute atomic E-state index is 12.0. The number of rotatable bonds is 7. The Morgan fingerprint density at radius 2 is 1.96 bits per heavy atom. The topological polar surface area (TPSA) is 104 Å². The van der Waals surface area contributed by atoms with Gasteiger partial charge in [-0.05, 0) is 37.1 Å². The highest BCUT2D eigenvalue weighted by Gasteiger charge is 2.23. The molecule has 1 fully saturated rings. The largest absolute Gasteiger partial charge is 0.353 e. The molecule has 1 aliphatic carbocycles. The van der Waals surface area contributed by atoms with Gasteiger partial charge in [0.05, 0.1) is 17.9 Å². The Labute approximate surface area is 162 Å². The predicted molar refractivity (Wildman–Crippen MR) is 103 cm³/mol. The average Bonchev–Trinajstić information content (AvgIpc) is 3.38. The normalized spacial score (nSPS) is 13.3. The maximum Gasteiger partial charge on any atom is 0.251 e. The van der Waals surface area contributed by atoms with E-state index in [4.69, 9.17) is 0 Å². The molecule has 26 heavy (non-hydrogen) atoms. The molecule has 0 spiro atoms. The van der Waals surface area contributed by atoms with E-state index >= 15 is 0 Å². The van der Waals surface area contributed by atoms with Gasteiger partial charge in [-0.3, -0.25) is 14.4 Å². The van der Waals surface area contributed by atoms with Crippen LogP contribution in [0, 0.1) is 0 Å². The van der Waals surface area contributed by atoms with Gasteiger partial charge >= 0.3 is 0 Å². The molecule has 3 N–H and O–H groups in total. The van der Waals surface area contributed by atoms with E-state index in [1.54, 1.807) is 12.1 Å². The van der Waals surface area contributed by atoms with Gasteiger partial charge in [0.1, 0.15) is 0 Å². The summed E-state index contributed by atoms with van der Waals surface area (Å²) in [5.41, 5.74) is 0.735. The first kappa shape index (κ1) is 18.7. The molecule has 1 saturated carbocycles. The standard InChI is InChI=1S/C17H17BrN4O3S/c18-10-1-3-11(4-2-10)20-16(25)9-26-17-21-13(8-15(24)22-17)7-14(23)19-12-5-6-12/h1-4,8,12H,5-7,9H2,(H,19,23)(H,20,25)(H,21,22,24). The Balaban J connectivity index is 1.54. The monoisotopic (exact) mass is 436 g/mol. The summed E-state index contributed by atoms with van der Waals surface area (Å²) in [7, 11) is 0. The van der Waals surface area contributed by atoms with Crippen molar-refractivity contribution in [2.24, 2.45) is 0 Å². The summed E-state index contributed by atoms with van der Waals surface area (Å²) in [6.07, 6.45) is 2.06. The molecule has 3 rings (SSSR count). The Kier molecular flexibility index (Phi) is 6.10. The lowest BCUT2D eigenvalue weighted by molar-refractivity contribution is -0.120. The first-order chi connectivity index (χ1) is 12.5. The van der Waals surface area contributed by atoms with Gasteiger partial charge in [0.2, 0.25) is 11.8 Å². The quantitative estimate of drug-likeness (QED) is 0.455. The third kappa shape index (κ3) is 5.99. The predicted octanol–water partition coefficient (Wildman–Crippen LogP) is 2.08. The van der Waals surface area contributed by atoms with E-state index in [9.17, 15) is 14.4 Å². The molecule has 1 aromatic carbocycles. The number of H-pyrrole nitrogens is 1. The number of hydrogen-bond acceptors (Lipinski definition) is 5. The van der Waals surface area contributed by atoms with E-state index in [0.29, 0.717) is 16.5 Å². The fourth-order valence-electron chi connectivity index (χ4n) is 2.18. The first-order valence-corrected chi connectivity index (χ1v) is 9.83. The minimum atomic E-state index is -0.343. The van der Waals surface area contributed by atoms with Crippen molar-refractivity contribution in [3.63, 3.8) is 0 Å². The van der Waals surface area contributed by atoms with Crippen LogP contribution in [-0.2, 0) is 16.0 Å². The van der Waals surface area contributed by atoms with Crippen molar-refractivity contribution in [3.05, 3.63) is 50.9 Å². The summed E-state index contributed by atoms with van der Waals surface area (Å²) in [6, 6.07) is 8.80. The highest BCUT2D eigenvalue weighted by Crippen LogP contribution is 2.19. The van der Waals surface area contributed by atoms with Crippen molar-refractivity contribution >= 4 is 45.2 Å². The van der Waals surface area contributed by atoms with Gasteiger partial charge in [-0.1, -0.05) is 27.7 Å². The van der Waals surface area contributed by atoms with Gasteiger partial charge in [0, 0.05) is 22.3 Å². The summed E-state index contributed by atoms with van der Waals surface area (Å²) in [5, 5.41) is 5.94. The van der Waals surface area contributed by atoms with Gasteiger partial charge in [-0.15, -0.1) is 0 Å². The van der Waals surface area contributed by atoms with Crippen LogP contribution in [0.5, 0.6) is 0 Å². The van der Waals surface area contributed by atoms with Crippen molar-refractivity contribution < 1.29 is 9.59 Å². The molecular weight excluding hydrogens is 420 g/mol. The summed E-state index contributed by atoms with van der Waals surface area (Å²) in [5.74, 6) is -0.261. The molecule has 1 aliphatic rings. The molecule has 0 bridgehead atoms. The average molecular weight is 437 g/mol. The number of benzene rings is 1. The molecule has 0 saturated heterocycles. The highest BCUT2D eigenvalue weighted by atomic mass is 79.9. The van der Waals surface area contributed by atoms with Crippen molar-refractivity contribution in [3.8, 4) is 0 Å². The number of thioether (sulfide) groups is 1. The minimum Gasteiger partial charge on any atom is -0.353 e. The van der Waals surface area contributed by atoms with Gasteiger partial charge in [0.25, 0.3) is 5.56 Å². The van der Waals surface area contributed by atoms with Crippen LogP contribution in [0.1, 0.15) is 18.5 Å². The van der Waals surface area contributed by atoms with Crippen LogP contribution in [0.15, 0.2) is 44.8 Å². The van der Waals surface area contributed by atoms with Gasteiger partial charge in [-0.25, -0.2) is 4.98 Å². The second kappa shape index (κ2) is 8.50. The number of aromatic amines is 1. The van der Waals surface area contributed by atoms with Gasteiger partial charge < -0.3 is 15.6 Å². The van der Waals surface area contributed by atoms with Crippen molar-refractivity contribution in [2.45, 2.75) is 30.5 Å². The zero-order chi connectivity index (χ0) is 18.5. The van der Waals surface area contributed by atoms with Crippen LogP contribution < -0.4 is 16.2 Å². The molecule has 2 amide bonds. The van der Waals surface area contributed by atoms with Crippen molar-refractivity contribution in [1.82, 2.24) is 15.3 Å². The molecule has 0 atom stereocenters. The summed E-state index contributed by atoms with van der Waals surface area (Å²) in [4.78, 5) is 42.4. The van der Waals surface area contributed by atoms with E-state index in [-0.39, 0.29) is 35.6 Å². The molecule has 7 nitrogen and oxygen atoms in total. The molecule has 1 aromatic heterocycles. The van der Waals surface area contributed by atoms with E-state index in [1.165, 1.54) is 6.07 Å². The van der Waals surface area contributed by atoms with Crippen LogP contribution >= 0.6 is 27.7 Å². The number of amides is 2. The summed E-state index contributed by atoms with van der Waals surface area (Å²) < 4.78 is 0.925. The third-order valence-corrected chi connectivity index (χ3v) is 4.93. The second-order valence-electron chi connectivity index (χ2n) is 5.90. The number of hydrogen-bond donors (Lipinski definition) is 3. The molecule has 9 heteroatoms. The molecule has 0 unspecified atom stereocenters. The van der Waals surface area contributed by atoms with Crippen LogP contribution in [0.3, 0.4) is 0 Å². The van der Waals surface area contributed by atoms with Crippen LogP contribution in [-0.4, -0.2) is 33.6 Å². The van der Waals surface area contributed by atoms with Gasteiger partial charge in [0.15, 0.2) is 5.16 Å². The van der Waals surface area contributed by atoms with E-state index in [0.717, 1.165) is 29.1 Å². The Bertz CT molecular complexity index is 865. The molecule has 136 valence electrons. The molecule has 1 heterocycles. The lowest BCUT2D eigenvalue weighted by Crippen LogP contribution is -2.28. The summed E-state index contributed by atoms with van der Waals surface area (Å²) >= 11 is 4.45. The molecular formula is C17H17BrN4O3S. The van der Waals surface area contributed by atoms with Crippen molar-refractivity contribution in [2.75, 3.05) is 11.1 Å². The Hall–Kier alpha value is -2.13. The SMILES string of the molecule is O=C(CSc1nc(CC(=O)NC2CC2)cc(=O)[nH]1)Nc1ccc(Br)cc1. The minimum absolute atomic E-state index is 0.0546. The van der Waals surface area contributed by atoms with E-state index < -0.39 is 0 Å². The zero-order valence-corrected chi connectivity index (χ0v) is 16.2. The number of nitrogens with one attached hydrogen (secondary N) is 3. The fourth-order valence-corrected chi connectivity index (χ4v) is 3.14. The zero-order valence-electron chi connectivity index (χ0n) is 13.8. The smallest absolute Gasteiger partial charge is 0.251 e. The number of carbonyl (C=O) groups excluding carboxylic acids is 2. The maximum atomic E-state index is 12.0. The number of aromatic nitrogens is 2. The lowest BCUT2D eigenvalue weighted by Gasteiger charge is -2.06. The third-order valence-electron chi connectivity index (χ3n) is 3.53. The fraction of sp³-hybridized carbons (Fsp3) is 0.294. The molecule has 0 aliphatic heterocycles. The molecule has 0 radical (unpaired) electrons. The number of halogens is 1. The Morgan fingerprint density at radius 1 is 1.23 bits per heavy atom. The number of anilines is 1. The number of nitrogens with zero attached hydrogens (tertiary/aromatic N) is 1. The first-order valence-electron chi connectivity index (χ1n) is 8.06. The number of carbonyl (C=O) groups is 2. The van der Waals surface area contributed by atoms with Gasteiger partial charge in [-0.2, -0.15) is 0 Å². The van der Waals surface area contributed by atoms with Crippen LogP contribution in [0.25, 0.3) is 0 Å². The van der Waals surface area contributed by atoms with E-state index in [2.05, 4.69) is 36.5 Å². The van der Waals surface area contributed by atoms with Crippen molar-refractivity contribution in [1.29, 1.82) is 0 Å². The van der Waals surface area contributed by atoms with Crippen LogP contribution in [0.4, 0.5) is 5.69 Å². The second-order valence-corrected chi connectivity index (χ2v) is 7.78. The highest BCUT2D eigenvalue weighted by molar-refractivity contribution is 9.10. The lowest BCUT2D eigenvalue weighted by atomic mass is 10.3. The van der Waals surface area contributed by atoms with Crippen LogP contribution in [0.2, 0.25) is 0 Å². The summed E-state index contributed by atoms with van der Waals surface area (Å²) in [6.45, 7) is 0. The molecule has 2 aromatic rings.